The summed E-state index contributed by atoms with van der Waals surface area (Å²) in [6, 6.07) is 10.1. The van der Waals surface area contributed by atoms with Crippen LogP contribution in [0, 0.1) is 0 Å². The van der Waals surface area contributed by atoms with Gasteiger partial charge in [0.05, 0.1) is 30.7 Å². The number of hydrogen-bond acceptors (Lipinski definition) is 7. The maximum atomic E-state index is 12.8. The summed E-state index contributed by atoms with van der Waals surface area (Å²) in [6.07, 6.45) is 2.27. The zero-order valence-electron chi connectivity index (χ0n) is 18.4. The Kier molecular flexibility index (Phi) is 6.93. The first kappa shape index (κ1) is 22.8. The van der Waals surface area contributed by atoms with Crippen molar-refractivity contribution in [3.63, 3.8) is 0 Å². The highest BCUT2D eigenvalue weighted by Gasteiger charge is 2.42. The number of carbonyl (C=O) groups excluding carboxylic acids is 3. The predicted octanol–water partition coefficient (Wildman–Crippen LogP) is 2.59. The van der Waals surface area contributed by atoms with E-state index < -0.39 is 11.9 Å². The summed E-state index contributed by atoms with van der Waals surface area (Å²) in [4.78, 5) is 48.4. The molecule has 1 aromatic heterocycles. The van der Waals surface area contributed by atoms with Crippen LogP contribution in [0.4, 0.5) is 5.69 Å². The van der Waals surface area contributed by atoms with Crippen LogP contribution in [0.1, 0.15) is 38.0 Å². The number of rotatable bonds is 8. The van der Waals surface area contributed by atoms with E-state index in [-0.39, 0.29) is 36.6 Å². The summed E-state index contributed by atoms with van der Waals surface area (Å²) in [6.45, 7) is 4.17. The number of hydrogen-bond donors (Lipinski definition) is 2. The van der Waals surface area contributed by atoms with Crippen molar-refractivity contribution in [2.45, 2.75) is 45.3 Å². The molecule has 0 fully saturated rings. The first-order chi connectivity index (χ1) is 16.0. The van der Waals surface area contributed by atoms with Gasteiger partial charge >= 0.3 is 0 Å². The molecule has 1 aromatic carbocycles. The number of benzene rings is 1. The Morgan fingerprint density at radius 3 is 2.76 bits per heavy atom. The van der Waals surface area contributed by atoms with Crippen molar-refractivity contribution in [2.75, 3.05) is 5.75 Å². The molecule has 0 radical (unpaired) electrons. The van der Waals surface area contributed by atoms with Crippen LogP contribution in [-0.2, 0) is 20.9 Å². The highest BCUT2D eigenvalue weighted by atomic mass is 32.2. The summed E-state index contributed by atoms with van der Waals surface area (Å²) in [5.41, 5.74) is 1.39. The first-order valence-corrected chi connectivity index (χ1v) is 11.8. The van der Waals surface area contributed by atoms with Gasteiger partial charge in [-0.3, -0.25) is 19.3 Å². The predicted molar refractivity (Wildman–Crippen MR) is 126 cm³/mol. The summed E-state index contributed by atoms with van der Waals surface area (Å²) in [7, 11) is 0. The topological polar surface area (TPSA) is 116 Å². The number of aliphatic imine (C=N–C) groups is 2. The molecule has 9 nitrogen and oxygen atoms in total. The standard InChI is InChI=1S/C23H25N5O4S/c1-3-14(2)25-20(30)13-33-23-26-17-9-5-4-8-16(17)21-27-22(31)18(28(21)23)11-19(29)24-12-15-7-6-10-32-15/h4-10,14,18H,3,11-13H2,1-2H3,(H,24,29)(H,25,30). The number of nitrogens with one attached hydrogen (secondary N) is 2. The summed E-state index contributed by atoms with van der Waals surface area (Å²) < 4.78 is 5.23. The van der Waals surface area contributed by atoms with E-state index in [1.807, 2.05) is 38.1 Å². The van der Waals surface area contributed by atoms with Crippen LogP contribution < -0.4 is 10.6 Å². The summed E-state index contributed by atoms with van der Waals surface area (Å²) in [5, 5.41) is 6.17. The van der Waals surface area contributed by atoms with Crippen molar-refractivity contribution < 1.29 is 18.8 Å². The monoisotopic (exact) mass is 467 g/mol. The lowest BCUT2D eigenvalue weighted by Gasteiger charge is -2.30. The number of thioether (sulfide) groups is 1. The highest BCUT2D eigenvalue weighted by Crippen LogP contribution is 2.34. The van der Waals surface area contributed by atoms with Crippen molar-refractivity contribution in [2.24, 2.45) is 9.98 Å². The molecule has 2 aliphatic rings. The fourth-order valence-electron chi connectivity index (χ4n) is 3.50. The second kappa shape index (κ2) is 10.0. The third-order valence-electron chi connectivity index (χ3n) is 5.38. The molecule has 0 aliphatic carbocycles. The van der Waals surface area contributed by atoms with Crippen molar-refractivity contribution in [3.05, 3.63) is 54.0 Å². The average Bonchev–Trinajstić information content (AvgIpc) is 3.44. The number of amides is 3. The number of nitrogens with zero attached hydrogens (tertiary/aromatic N) is 3. The van der Waals surface area contributed by atoms with E-state index >= 15 is 0 Å². The maximum Gasteiger partial charge on any atom is 0.271 e. The zero-order valence-corrected chi connectivity index (χ0v) is 19.2. The summed E-state index contributed by atoms with van der Waals surface area (Å²) >= 11 is 1.23. The lowest BCUT2D eigenvalue weighted by atomic mass is 10.1. The summed E-state index contributed by atoms with van der Waals surface area (Å²) in [5.74, 6) is 0.383. The van der Waals surface area contributed by atoms with E-state index in [1.54, 1.807) is 17.0 Å². The SMILES string of the molecule is CCC(C)NC(=O)CSC1=Nc2ccccc2C2=NC(=O)C(CC(=O)NCc3ccco3)N12. The molecule has 172 valence electrons. The molecule has 10 heteroatoms. The van der Waals surface area contributed by atoms with E-state index in [9.17, 15) is 14.4 Å². The lowest BCUT2D eigenvalue weighted by Crippen LogP contribution is -2.46. The van der Waals surface area contributed by atoms with Gasteiger partial charge in [-0.15, -0.1) is 0 Å². The molecule has 0 saturated carbocycles. The van der Waals surface area contributed by atoms with Crippen LogP contribution in [0.2, 0.25) is 0 Å². The van der Waals surface area contributed by atoms with Gasteiger partial charge in [0.25, 0.3) is 5.91 Å². The van der Waals surface area contributed by atoms with Crippen molar-refractivity contribution in [1.29, 1.82) is 0 Å². The number of furan rings is 1. The first-order valence-electron chi connectivity index (χ1n) is 10.8. The zero-order chi connectivity index (χ0) is 23.4. The van der Waals surface area contributed by atoms with E-state index in [4.69, 9.17) is 4.42 Å². The minimum Gasteiger partial charge on any atom is -0.467 e. The van der Waals surface area contributed by atoms with E-state index in [1.165, 1.54) is 18.0 Å². The van der Waals surface area contributed by atoms with Gasteiger partial charge in [0, 0.05) is 11.6 Å². The molecule has 2 unspecified atom stereocenters. The number of fused-ring (bicyclic) bond motifs is 3. The number of amidine groups is 2. The van der Waals surface area contributed by atoms with Crippen LogP contribution in [0.3, 0.4) is 0 Å². The van der Waals surface area contributed by atoms with Gasteiger partial charge in [0.1, 0.15) is 17.6 Å². The van der Waals surface area contributed by atoms with Crippen molar-refractivity contribution in [1.82, 2.24) is 15.5 Å². The van der Waals surface area contributed by atoms with Gasteiger partial charge in [-0.2, -0.15) is 4.99 Å². The quantitative estimate of drug-likeness (QED) is 0.616. The van der Waals surface area contributed by atoms with Gasteiger partial charge in [-0.25, -0.2) is 4.99 Å². The molecule has 33 heavy (non-hydrogen) atoms. The Hall–Kier alpha value is -3.40. The van der Waals surface area contributed by atoms with Gasteiger partial charge in [-0.05, 0) is 37.6 Å². The third-order valence-corrected chi connectivity index (χ3v) is 6.33. The molecule has 0 spiro atoms. The fraction of sp³-hybridized carbons (Fsp3) is 0.348. The lowest BCUT2D eigenvalue weighted by molar-refractivity contribution is -0.126. The number of para-hydroxylation sites is 1. The molecular weight excluding hydrogens is 442 g/mol. The normalized spacial score (nSPS) is 17.6. The third kappa shape index (κ3) is 5.16. The van der Waals surface area contributed by atoms with Crippen LogP contribution in [-0.4, -0.2) is 51.5 Å². The molecule has 2 aliphatic heterocycles. The molecule has 3 amide bonds. The molecular formula is C23H25N5O4S. The van der Waals surface area contributed by atoms with Gasteiger partial charge in [0.15, 0.2) is 5.17 Å². The van der Waals surface area contributed by atoms with Crippen LogP contribution >= 0.6 is 11.8 Å². The van der Waals surface area contributed by atoms with Crippen LogP contribution in [0.15, 0.2) is 57.1 Å². The molecule has 4 rings (SSSR count). The van der Waals surface area contributed by atoms with E-state index in [2.05, 4.69) is 20.6 Å². The molecule has 2 atom stereocenters. The smallest absolute Gasteiger partial charge is 0.271 e. The molecule has 2 aromatic rings. The average molecular weight is 468 g/mol. The highest BCUT2D eigenvalue weighted by molar-refractivity contribution is 8.14. The molecule has 0 bridgehead atoms. The molecule has 0 saturated heterocycles. The minimum absolute atomic E-state index is 0.0724. The van der Waals surface area contributed by atoms with Crippen molar-refractivity contribution >= 4 is 46.2 Å². The second-order valence-electron chi connectivity index (χ2n) is 7.80. The van der Waals surface area contributed by atoms with E-state index in [0.29, 0.717) is 22.5 Å². The molecule has 3 heterocycles. The van der Waals surface area contributed by atoms with E-state index in [0.717, 1.165) is 12.0 Å². The fourth-order valence-corrected chi connectivity index (χ4v) is 4.36. The van der Waals surface area contributed by atoms with Gasteiger partial charge < -0.3 is 15.1 Å². The van der Waals surface area contributed by atoms with Crippen molar-refractivity contribution in [3.8, 4) is 0 Å². The Labute approximate surface area is 195 Å². The van der Waals surface area contributed by atoms with Gasteiger partial charge in [0.2, 0.25) is 11.8 Å². The van der Waals surface area contributed by atoms with Gasteiger partial charge in [-0.1, -0.05) is 30.8 Å². The second-order valence-corrected chi connectivity index (χ2v) is 8.74. The largest absolute Gasteiger partial charge is 0.467 e. The maximum absolute atomic E-state index is 12.8. The Bertz CT molecular complexity index is 1110. The van der Waals surface area contributed by atoms with Crippen LogP contribution in [0.25, 0.3) is 0 Å². The molecule has 2 N–H and O–H groups in total. The Balaban J connectivity index is 1.51. The van der Waals surface area contributed by atoms with Crippen LogP contribution in [0.5, 0.6) is 0 Å². The Morgan fingerprint density at radius 2 is 2.00 bits per heavy atom. The number of carbonyl (C=O) groups is 3. The minimum atomic E-state index is -0.825. The Morgan fingerprint density at radius 1 is 1.18 bits per heavy atom.